The predicted molar refractivity (Wildman–Crippen MR) is 81.0 cm³/mol. The zero-order valence-electron chi connectivity index (χ0n) is 12.3. The summed E-state index contributed by atoms with van der Waals surface area (Å²) >= 11 is 0. The second-order valence-corrected chi connectivity index (χ2v) is 4.84. The maximum Gasteiger partial charge on any atom is 0.139 e. The maximum absolute atomic E-state index is 13.3. The Bertz CT molecular complexity index is 571. The number of nitrogens with two attached hydrogens (primary N) is 1. The van der Waals surface area contributed by atoms with E-state index in [2.05, 4.69) is 0 Å². The molecule has 0 spiro atoms. The van der Waals surface area contributed by atoms with Gasteiger partial charge in [0.25, 0.3) is 0 Å². The van der Waals surface area contributed by atoms with E-state index in [1.165, 1.54) is 12.1 Å². The molecular weight excluding hydrogens is 269 g/mol. The van der Waals surface area contributed by atoms with E-state index in [9.17, 15) is 4.39 Å². The lowest BCUT2D eigenvalue weighted by Crippen LogP contribution is -2.31. The predicted octanol–water partition coefficient (Wildman–Crippen LogP) is 3.69. The Morgan fingerprint density at radius 3 is 2.38 bits per heavy atom. The molecule has 0 saturated carbocycles. The first-order valence-electron chi connectivity index (χ1n) is 6.95. The summed E-state index contributed by atoms with van der Waals surface area (Å²) in [5.41, 5.74) is 7.09. The van der Waals surface area contributed by atoms with Crippen LogP contribution in [-0.4, -0.2) is 13.2 Å². The van der Waals surface area contributed by atoms with Crippen molar-refractivity contribution in [2.45, 2.75) is 25.5 Å². The summed E-state index contributed by atoms with van der Waals surface area (Å²) in [6.45, 7) is 2.00. The SMILES string of the molecule is CCC(N)C(Oc1cccc(F)c1)c1ccc(OC)cc1. The molecule has 4 heteroatoms. The summed E-state index contributed by atoms with van der Waals surface area (Å²) in [6, 6.07) is 13.5. The fourth-order valence-electron chi connectivity index (χ4n) is 2.10. The standard InChI is InChI=1S/C17H20FNO2/c1-3-16(19)17(12-7-9-14(20-2)10-8-12)21-15-6-4-5-13(18)11-15/h4-11,16-17H,3,19H2,1-2H3. The van der Waals surface area contributed by atoms with E-state index in [0.717, 1.165) is 17.7 Å². The van der Waals surface area contributed by atoms with Crippen molar-refractivity contribution >= 4 is 0 Å². The lowest BCUT2D eigenvalue weighted by Gasteiger charge is -2.25. The van der Waals surface area contributed by atoms with Gasteiger partial charge in [0.1, 0.15) is 23.4 Å². The molecule has 0 bridgehead atoms. The third-order valence-electron chi connectivity index (χ3n) is 3.36. The van der Waals surface area contributed by atoms with Gasteiger partial charge in [0.2, 0.25) is 0 Å². The maximum atomic E-state index is 13.3. The normalized spacial score (nSPS) is 13.5. The van der Waals surface area contributed by atoms with Crippen LogP contribution in [0, 0.1) is 5.82 Å². The Balaban J connectivity index is 2.25. The molecule has 0 aliphatic carbocycles. The third-order valence-corrected chi connectivity index (χ3v) is 3.36. The van der Waals surface area contributed by atoms with Gasteiger partial charge in [-0.3, -0.25) is 0 Å². The van der Waals surface area contributed by atoms with Crippen LogP contribution in [0.4, 0.5) is 4.39 Å². The number of hydrogen-bond donors (Lipinski definition) is 1. The molecule has 0 aromatic heterocycles. The highest BCUT2D eigenvalue weighted by Crippen LogP contribution is 2.27. The first-order valence-corrected chi connectivity index (χ1v) is 6.95. The van der Waals surface area contributed by atoms with Crippen molar-refractivity contribution in [3.63, 3.8) is 0 Å². The van der Waals surface area contributed by atoms with Crippen molar-refractivity contribution in [3.8, 4) is 11.5 Å². The summed E-state index contributed by atoms with van der Waals surface area (Å²) < 4.78 is 24.3. The highest BCUT2D eigenvalue weighted by molar-refractivity contribution is 5.31. The molecule has 3 nitrogen and oxygen atoms in total. The number of benzene rings is 2. The minimum Gasteiger partial charge on any atom is -0.497 e. The molecule has 0 aliphatic heterocycles. The monoisotopic (exact) mass is 289 g/mol. The largest absolute Gasteiger partial charge is 0.497 e. The van der Waals surface area contributed by atoms with Crippen molar-refractivity contribution in [1.82, 2.24) is 0 Å². The van der Waals surface area contributed by atoms with Crippen molar-refractivity contribution < 1.29 is 13.9 Å². The molecule has 2 N–H and O–H groups in total. The summed E-state index contributed by atoms with van der Waals surface area (Å²) in [7, 11) is 1.62. The lowest BCUT2D eigenvalue weighted by atomic mass is 10.0. The van der Waals surface area contributed by atoms with Crippen LogP contribution in [-0.2, 0) is 0 Å². The highest BCUT2D eigenvalue weighted by atomic mass is 19.1. The Morgan fingerprint density at radius 2 is 1.81 bits per heavy atom. The average Bonchev–Trinajstić information content (AvgIpc) is 2.52. The van der Waals surface area contributed by atoms with Crippen LogP contribution in [0.5, 0.6) is 11.5 Å². The number of rotatable bonds is 6. The topological polar surface area (TPSA) is 44.5 Å². The van der Waals surface area contributed by atoms with Gasteiger partial charge in [-0.25, -0.2) is 4.39 Å². The minimum absolute atomic E-state index is 0.179. The van der Waals surface area contributed by atoms with Gasteiger partial charge in [0.15, 0.2) is 0 Å². The van der Waals surface area contributed by atoms with Crippen LogP contribution in [0.3, 0.4) is 0 Å². The van der Waals surface area contributed by atoms with E-state index in [-0.39, 0.29) is 18.0 Å². The lowest BCUT2D eigenvalue weighted by molar-refractivity contribution is 0.170. The molecule has 112 valence electrons. The van der Waals surface area contributed by atoms with Crippen molar-refractivity contribution in [1.29, 1.82) is 0 Å². The molecule has 0 amide bonds. The van der Waals surface area contributed by atoms with Crippen LogP contribution in [0.15, 0.2) is 48.5 Å². The fraction of sp³-hybridized carbons (Fsp3) is 0.294. The molecule has 2 atom stereocenters. The molecule has 0 saturated heterocycles. The molecule has 2 rings (SSSR count). The van der Waals surface area contributed by atoms with E-state index >= 15 is 0 Å². The van der Waals surface area contributed by atoms with Crippen molar-refractivity contribution in [3.05, 3.63) is 59.9 Å². The van der Waals surface area contributed by atoms with Crippen LogP contribution in [0.1, 0.15) is 25.0 Å². The van der Waals surface area contributed by atoms with Gasteiger partial charge < -0.3 is 15.2 Å². The van der Waals surface area contributed by atoms with Crippen LogP contribution in [0.25, 0.3) is 0 Å². The molecule has 0 fully saturated rings. The number of halogens is 1. The zero-order valence-corrected chi connectivity index (χ0v) is 12.3. The first-order chi connectivity index (χ1) is 10.1. The molecule has 2 aromatic rings. The molecule has 21 heavy (non-hydrogen) atoms. The Hall–Kier alpha value is -2.07. The molecule has 2 unspecified atom stereocenters. The van der Waals surface area contributed by atoms with Crippen molar-refractivity contribution in [2.24, 2.45) is 5.73 Å². The van der Waals surface area contributed by atoms with Gasteiger partial charge in [0.05, 0.1) is 7.11 Å². The fourth-order valence-corrected chi connectivity index (χ4v) is 2.10. The second-order valence-electron chi connectivity index (χ2n) is 4.84. The summed E-state index contributed by atoms with van der Waals surface area (Å²) in [6.07, 6.45) is 0.425. The molecule has 0 aliphatic rings. The summed E-state index contributed by atoms with van der Waals surface area (Å²) in [5, 5.41) is 0. The molecule has 2 aromatic carbocycles. The molecule has 0 heterocycles. The van der Waals surface area contributed by atoms with Gasteiger partial charge >= 0.3 is 0 Å². The molecule has 0 radical (unpaired) electrons. The van der Waals surface area contributed by atoms with E-state index in [0.29, 0.717) is 5.75 Å². The average molecular weight is 289 g/mol. The second kappa shape index (κ2) is 7.09. The van der Waals surface area contributed by atoms with Crippen LogP contribution in [0.2, 0.25) is 0 Å². The smallest absolute Gasteiger partial charge is 0.139 e. The molecular formula is C17H20FNO2. The van der Waals surface area contributed by atoms with Crippen LogP contribution < -0.4 is 15.2 Å². The minimum atomic E-state index is -0.331. The van der Waals surface area contributed by atoms with E-state index in [1.54, 1.807) is 19.2 Å². The van der Waals surface area contributed by atoms with E-state index in [4.69, 9.17) is 15.2 Å². The zero-order chi connectivity index (χ0) is 15.2. The van der Waals surface area contributed by atoms with Gasteiger partial charge in [0, 0.05) is 12.1 Å². The number of hydrogen-bond acceptors (Lipinski definition) is 3. The van der Waals surface area contributed by atoms with Gasteiger partial charge in [-0.15, -0.1) is 0 Å². The first kappa shape index (κ1) is 15.3. The quantitative estimate of drug-likeness (QED) is 0.882. The van der Waals surface area contributed by atoms with Gasteiger partial charge in [-0.2, -0.15) is 0 Å². The summed E-state index contributed by atoms with van der Waals surface area (Å²) in [5.74, 6) is 0.916. The Kier molecular flexibility index (Phi) is 5.17. The Morgan fingerprint density at radius 1 is 1.10 bits per heavy atom. The Labute approximate surface area is 124 Å². The third kappa shape index (κ3) is 3.95. The van der Waals surface area contributed by atoms with E-state index in [1.807, 2.05) is 31.2 Å². The van der Waals surface area contributed by atoms with Gasteiger partial charge in [-0.1, -0.05) is 25.1 Å². The van der Waals surface area contributed by atoms with Crippen LogP contribution >= 0.6 is 0 Å². The van der Waals surface area contributed by atoms with E-state index < -0.39 is 0 Å². The summed E-state index contributed by atoms with van der Waals surface area (Å²) in [4.78, 5) is 0. The highest BCUT2D eigenvalue weighted by Gasteiger charge is 2.20. The van der Waals surface area contributed by atoms with Gasteiger partial charge in [-0.05, 0) is 36.2 Å². The van der Waals surface area contributed by atoms with Crippen molar-refractivity contribution in [2.75, 3.05) is 7.11 Å². The number of methoxy groups -OCH3 is 1. The number of ether oxygens (including phenoxy) is 2.